The predicted octanol–water partition coefficient (Wildman–Crippen LogP) is 1.77. The van der Waals surface area contributed by atoms with Gasteiger partial charge in [0.15, 0.2) is 0 Å². The zero-order valence-electron chi connectivity index (χ0n) is 11.8. The van der Waals surface area contributed by atoms with E-state index in [4.69, 9.17) is 5.73 Å². The van der Waals surface area contributed by atoms with E-state index in [0.29, 0.717) is 12.8 Å². The van der Waals surface area contributed by atoms with Gasteiger partial charge >= 0.3 is 0 Å². The molecule has 1 saturated carbocycles. The van der Waals surface area contributed by atoms with Crippen LogP contribution in [0, 0.1) is 5.82 Å². The molecule has 0 heterocycles. The maximum atomic E-state index is 13.2. The van der Waals surface area contributed by atoms with Crippen molar-refractivity contribution < 1.29 is 17.9 Å². The predicted molar refractivity (Wildman–Crippen MR) is 78.7 cm³/mol. The van der Waals surface area contributed by atoms with Crippen LogP contribution in [-0.4, -0.2) is 25.7 Å². The molecule has 0 unspecified atom stereocenters. The van der Waals surface area contributed by atoms with E-state index in [2.05, 4.69) is 4.72 Å². The number of rotatable bonds is 4. The van der Waals surface area contributed by atoms with Crippen molar-refractivity contribution in [3.63, 3.8) is 0 Å². The van der Waals surface area contributed by atoms with E-state index in [1.165, 1.54) is 6.07 Å². The summed E-state index contributed by atoms with van der Waals surface area (Å²) >= 11 is 0. The van der Waals surface area contributed by atoms with E-state index in [0.717, 1.165) is 37.8 Å². The van der Waals surface area contributed by atoms with Crippen molar-refractivity contribution in [1.82, 2.24) is 4.72 Å². The van der Waals surface area contributed by atoms with Gasteiger partial charge in [-0.3, -0.25) is 0 Å². The van der Waals surface area contributed by atoms with Crippen molar-refractivity contribution in [2.24, 2.45) is 0 Å². The zero-order valence-corrected chi connectivity index (χ0v) is 12.6. The second-order valence-corrected chi connectivity index (χ2v) is 7.38. The Labute approximate surface area is 124 Å². The van der Waals surface area contributed by atoms with E-state index >= 15 is 0 Å². The summed E-state index contributed by atoms with van der Waals surface area (Å²) in [6.07, 6.45) is 4.97. The van der Waals surface area contributed by atoms with E-state index in [1.807, 2.05) is 0 Å². The van der Waals surface area contributed by atoms with Gasteiger partial charge in [0, 0.05) is 6.54 Å². The number of hydrogen-bond donors (Lipinski definition) is 3. The smallest absolute Gasteiger partial charge is 0.242 e. The summed E-state index contributed by atoms with van der Waals surface area (Å²) in [5.41, 5.74) is 4.54. The van der Waals surface area contributed by atoms with Crippen molar-refractivity contribution in [3.8, 4) is 0 Å². The van der Waals surface area contributed by atoms with Crippen LogP contribution in [0.15, 0.2) is 23.1 Å². The van der Waals surface area contributed by atoms with Gasteiger partial charge < -0.3 is 10.8 Å². The lowest BCUT2D eigenvalue weighted by Gasteiger charge is -2.26. The molecule has 0 bridgehead atoms. The Balaban J connectivity index is 2.12. The van der Waals surface area contributed by atoms with Crippen LogP contribution in [0.25, 0.3) is 0 Å². The normalized spacial score (nSPS) is 19.1. The standard InChI is InChI=1S/C14H21FN2O3S/c15-11-5-6-12(16)13(9-11)21(19,20)17-10-14(18)7-3-1-2-4-8-14/h5-6,9,17-18H,1-4,7-8,10,16H2. The second-order valence-electron chi connectivity index (χ2n) is 5.65. The van der Waals surface area contributed by atoms with E-state index in [9.17, 15) is 17.9 Å². The fourth-order valence-corrected chi connectivity index (χ4v) is 3.87. The molecule has 5 nitrogen and oxygen atoms in total. The van der Waals surface area contributed by atoms with Crippen molar-refractivity contribution in [1.29, 1.82) is 0 Å². The second kappa shape index (κ2) is 6.29. The lowest BCUT2D eigenvalue weighted by atomic mass is 9.95. The first-order valence-electron chi connectivity index (χ1n) is 7.10. The zero-order chi connectivity index (χ0) is 15.5. The van der Waals surface area contributed by atoms with Gasteiger partial charge in [-0.2, -0.15) is 0 Å². The molecule has 1 aromatic rings. The molecule has 1 aromatic carbocycles. The molecule has 4 N–H and O–H groups in total. The highest BCUT2D eigenvalue weighted by molar-refractivity contribution is 7.89. The summed E-state index contributed by atoms with van der Waals surface area (Å²) in [5, 5.41) is 10.5. The number of aliphatic hydroxyl groups is 1. The molecular weight excluding hydrogens is 295 g/mol. The fraction of sp³-hybridized carbons (Fsp3) is 0.571. The van der Waals surface area contributed by atoms with Crippen molar-refractivity contribution in [2.75, 3.05) is 12.3 Å². The Morgan fingerprint density at radius 3 is 2.48 bits per heavy atom. The molecule has 0 spiro atoms. The fourth-order valence-electron chi connectivity index (χ4n) is 2.61. The topological polar surface area (TPSA) is 92.4 Å². The molecule has 21 heavy (non-hydrogen) atoms. The molecule has 7 heteroatoms. The summed E-state index contributed by atoms with van der Waals surface area (Å²) in [4.78, 5) is -0.292. The third kappa shape index (κ3) is 4.15. The summed E-state index contributed by atoms with van der Waals surface area (Å²) in [6, 6.07) is 3.20. The average molecular weight is 316 g/mol. The first-order chi connectivity index (χ1) is 9.82. The SMILES string of the molecule is Nc1ccc(F)cc1S(=O)(=O)NCC1(O)CCCCCC1. The van der Waals surface area contributed by atoms with Crippen LogP contribution in [0.5, 0.6) is 0 Å². The van der Waals surface area contributed by atoms with Gasteiger partial charge in [0.1, 0.15) is 10.7 Å². The van der Waals surface area contributed by atoms with Crippen LogP contribution in [-0.2, 0) is 10.0 Å². The summed E-state index contributed by atoms with van der Waals surface area (Å²) in [5.74, 6) is -0.669. The largest absolute Gasteiger partial charge is 0.398 e. The maximum Gasteiger partial charge on any atom is 0.242 e. The number of nitrogens with one attached hydrogen (secondary N) is 1. The van der Waals surface area contributed by atoms with Crippen molar-refractivity contribution in [2.45, 2.75) is 49.0 Å². The average Bonchev–Trinajstić information content (AvgIpc) is 2.65. The molecular formula is C14H21FN2O3S. The number of halogens is 1. The van der Waals surface area contributed by atoms with Crippen LogP contribution in [0.4, 0.5) is 10.1 Å². The summed E-state index contributed by atoms with van der Waals surface area (Å²) < 4.78 is 40.0. The van der Waals surface area contributed by atoms with Crippen LogP contribution in [0.2, 0.25) is 0 Å². The maximum absolute atomic E-state index is 13.2. The number of sulfonamides is 1. The Kier molecular flexibility index (Phi) is 4.85. The van der Waals surface area contributed by atoms with Gasteiger partial charge in [-0.05, 0) is 31.0 Å². The molecule has 1 aliphatic rings. The van der Waals surface area contributed by atoms with Crippen molar-refractivity contribution in [3.05, 3.63) is 24.0 Å². The number of nitrogens with two attached hydrogens (primary N) is 1. The van der Waals surface area contributed by atoms with E-state index in [-0.39, 0.29) is 17.1 Å². The Bertz CT molecular complexity index is 596. The number of nitrogen functional groups attached to an aromatic ring is 1. The third-order valence-corrected chi connectivity index (χ3v) is 5.35. The molecule has 118 valence electrons. The lowest BCUT2D eigenvalue weighted by Crippen LogP contribution is -2.42. The molecule has 0 aliphatic heterocycles. The number of benzene rings is 1. The Morgan fingerprint density at radius 1 is 1.24 bits per heavy atom. The molecule has 1 aliphatic carbocycles. The molecule has 0 atom stereocenters. The first-order valence-corrected chi connectivity index (χ1v) is 8.58. The highest BCUT2D eigenvalue weighted by Crippen LogP contribution is 2.27. The molecule has 0 saturated heterocycles. The van der Waals surface area contributed by atoms with E-state index in [1.54, 1.807) is 0 Å². The third-order valence-electron chi connectivity index (χ3n) is 3.89. The molecule has 0 amide bonds. The molecule has 0 aromatic heterocycles. The van der Waals surface area contributed by atoms with Crippen molar-refractivity contribution >= 4 is 15.7 Å². The van der Waals surface area contributed by atoms with Gasteiger partial charge in [0.2, 0.25) is 10.0 Å². The minimum absolute atomic E-state index is 0.0169. The highest BCUT2D eigenvalue weighted by atomic mass is 32.2. The van der Waals surface area contributed by atoms with Gasteiger partial charge in [0.05, 0.1) is 11.3 Å². The van der Waals surface area contributed by atoms with E-state index < -0.39 is 21.4 Å². The van der Waals surface area contributed by atoms with Crippen LogP contribution < -0.4 is 10.5 Å². The lowest BCUT2D eigenvalue weighted by molar-refractivity contribution is 0.0303. The minimum atomic E-state index is -3.94. The van der Waals surface area contributed by atoms with Gasteiger partial charge in [-0.15, -0.1) is 0 Å². The monoisotopic (exact) mass is 316 g/mol. The number of anilines is 1. The summed E-state index contributed by atoms with van der Waals surface area (Å²) in [6.45, 7) is -0.0781. The quantitative estimate of drug-likeness (QED) is 0.583. The van der Waals surface area contributed by atoms with Crippen LogP contribution in [0.1, 0.15) is 38.5 Å². The summed E-state index contributed by atoms with van der Waals surface area (Å²) in [7, 11) is -3.94. The highest BCUT2D eigenvalue weighted by Gasteiger charge is 2.30. The Hall–Kier alpha value is -1.18. The van der Waals surface area contributed by atoms with Crippen LogP contribution >= 0.6 is 0 Å². The Morgan fingerprint density at radius 2 is 1.86 bits per heavy atom. The molecule has 0 radical (unpaired) electrons. The van der Waals surface area contributed by atoms with Gasteiger partial charge in [0.25, 0.3) is 0 Å². The number of hydrogen-bond acceptors (Lipinski definition) is 4. The first kappa shape index (κ1) is 16.2. The van der Waals surface area contributed by atoms with Gasteiger partial charge in [-0.1, -0.05) is 25.7 Å². The molecule has 1 fully saturated rings. The minimum Gasteiger partial charge on any atom is -0.398 e. The van der Waals surface area contributed by atoms with Gasteiger partial charge in [-0.25, -0.2) is 17.5 Å². The van der Waals surface area contributed by atoms with Crippen LogP contribution in [0.3, 0.4) is 0 Å². The molecule has 2 rings (SSSR count).